The zero-order valence-corrected chi connectivity index (χ0v) is 11.1. The Morgan fingerprint density at radius 1 is 1.21 bits per heavy atom. The van der Waals surface area contributed by atoms with Crippen molar-refractivity contribution in [3.8, 4) is 17.4 Å². The van der Waals surface area contributed by atoms with Crippen molar-refractivity contribution in [3.05, 3.63) is 29.5 Å². The van der Waals surface area contributed by atoms with Crippen molar-refractivity contribution >= 4 is 22.6 Å². The van der Waals surface area contributed by atoms with Gasteiger partial charge in [-0.1, -0.05) is 11.6 Å². The van der Waals surface area contributed by atoms with Crippen molar-refractivity contribution in [2.24, 2.45) is 0 Å². The molecule has 3 rings (SSSR count). The van der Waals surface area contributed by atoms with Gasteiger partial charge in [-0.05, 0) is 6.07 Å². The normalized spacial score (nSPS) is 10.9. The van der Waals surface area contributed by atoms with E-state index in [9.17, 15) is 0 Å². The predicted octanol–water partition coefficient (Wildman–Crippen LogP) is 2.42. The highest BCUT2D eigenvalue weighted by molar-refractivity contribution is 6.29. The number of hydrogen-bond donors (Lipinski definition) is 1. The van der Waals surface area contributed by atoms with Gasteiger partial charge in [0.2, 0.25) is 5.95 Å². The minimum atomic E-state index is 0.413. The fourth-order valence-corrected chi connectivity index (χ4v) is 1.99. The molecule has 0 atom stereocenters. The van der Waals surface area contributed by atoms with Crippen molar-refractivity contribution in [1.82, 2.24) is 19.7 Å². The van der Waals surface area contributed by atoms with Gasteiger partial charge in [0, 0.05) is 18.3 Å². The second kappa shape index (κ2) is 4.47. The molecular weight excluding hydrogens is 268 g/mol. The molecule has 0 unspecified atom stereocenters. The highest BCUT2D eigenvalue weighted by Crippen LogP contribution is 2.31. The fourth-order valence-electron chi connectivity index (χ4n) is 1.85. The van der Waals surface area contributed by atoms with E-state index in [2.05, 4.69) is 15.1 Å². The van der Waals surface area contributed by atoms with Gasteiger partial charge in [-0.2, -0.15) is 5.10 Å². The van der Waals surface area contributed by atoms with Gasteiger partial charge < -0.3 is 14.5 Å². The summed E-state index contributed by atoms with van der Waals surface area (Å²) in [5, 5.41) is 4.50. The zero-order valence-electron chi connectivity index (χ0n) is 10.3. The fraction of sp³-hybridized carbons (Fsp3) is 0.167. The Labute approximate surface area is 113 Å². The first-order chi connectivity index (χ1) is 9.21. The molecule has 2 heterocycles. The van der Waals surface area contributed by atoms with E-state index >= 15 is 0 Å². The largest absolute Gasteiger partial charge is 0.493 e. The van der Waals surface area contributed by atoms with Gasteiger partial charge in [0.1, 0.15) is 0 Å². The van der Waals surface area contributed by atoms with Crippen molar-refractivity contribution < 1.29 is 9.47 Å². The third kappa shape index (κ3) is 2.00. The molecule has 0 radical (unpaired) electrons. The van der Waals surface area contributed by atoms with E-state index in [1.807, 2.05) is 6.07 Å². The number of aromatic amines is 1. The van der Waals surface area contributed by atoms with E-state index in [4.69, 9.17) is 21.1 Å². The van der Waals surface area contributed by atoms with E-state index in [0.717, 1.165) is 11.0 Å². The van der Waals surface area contributed by atoms with Gasteiger partial charge in [-0.25, -0.2) is 9.67 Å². The van der Waals surface area contributed by atoms with Gasteiger partial charge in [0.15, 0.2) is 16.7 Å². The maximum Gasteiger partial charge on any atom is 0.229 e. The van der Waals surface area contributed by atoms with Gasteiger partial charge in [-0.15, -0.1) is 0 Å². The van der Waals surface area contributed by atoms with Crippen LogP contribution in [0.2, 0.25) is 5.15 Å². The van der Waals surface area contributed by atoms with Crippen LogP contribution < -0.4 is 9.47 Å². The number of rotatable bonds is 3. The first-order valence-electron chi connectivity index (χ1n) is 5.54. The molecule has 3 aromatic rings. The Morgan fingerprint density at radius 3 is 2.58 bits per heavy atom. The summed E-state index contributed by atoms with van der Waals surface area (Å²) in [6.45, 7) is 0. The van der Waals surface area contributed by atoms with Crippen LogP contribution >= 0.6 is 11.6 Å². The number of methoxy groups -OCH3 is 2. The van der Waals surface area contributed by atoms with Crippen LogP contribution in [-0.4, -0.2) is 34.0 Å². The lowest BCUT2D eigenvalue weighted by molar-refractivity contribution is 0.356. The van der Waals surface area contributed by atoms with Crippen LogP contribution in [0.3, 0.4) is 0 Å². The molecule has 7 heteroatoms. The number of ether oxygens (including phenoxy) is 2. The standard InChI is InChI=1S/C12H11ClN4O2/c1-18-9-5-7-8(6-10(9)19-2)15-12(14-7)17-4-3-11(13)16-17/h3-6H,1-2H3,(H,14,15). The maximum absolute atomic E-state index is 5.79. The van der Waals surface area contributed by atoms with Crippen LogP contribution in [0, 0.1) is 0 Å². The summed E-state index contributed by atoms with van der Waals surface area (Å²) in [5.41, 5.74) is 1.60. The monoisotopic (exact) mass is 278 g/mol. The lowest BCUT2D eigenvalue weighted by Gasteiger charge is -2.05. The Bertz CT molecular complexity index is 693. The maximum atomic E-state index is 5.79. The Kier molecular flexibility index (Phi) is 2.79. The second-order valence-corrected chi connectivity index (χ2v) is 4.26. The van der Waals surface area contributed by atoms with Crippen molar-refractivity contribution in [1.29, 1.82) is 0 Å². The van der Waals surface area contributed by atoms with Crippen molar-refractivity contribution in [2.45, 2.75) is 0 Å². The molecule has 0 aliphatic carbocycles. The summed E-state index contributed by atoms with van der Waals surface area (Å²) in [7, 11) is 3.18. The SMILES string of the molecule is COc1cc2nc(-n3ccc(Cl)n3)[nH]c2cc1OC. The average molecular weight is 279 g/mol. The molecule has 0 aliphatic heterocycles. The van der Waals surface area contributed by atoms with E-state index in [0.29, 0.717) is 22.6 Å². The van der Waals surface area contributed by atoms with Crippen LogP contribution in [-0.2, 0) is 0 Å². The Balaban J connectivity index is 2.15. The molecule has 0 bridgehead atoms. The smallest absolute Gasteiger partial charge is 0.229 e. The summed E-state index contributed by atoms with van der Waals surface area (Å²) in [6.07, 6.45) is 1.73. The predicted molar refractivity (Wildman–Crippen MR) is 71.3 cm³/mol. The number of benzene rings is 1. The topological polar surface area (TPSA) is 65.0 Å². The summed E-state index contributed by atoms with van der Waals surface area (Å²) in [4.78, 5) is 7.58. The van der Waals surface area contributed by atoms with Gasteiger partial charge in [-0.3, -0.25) is 0 Å². The molecular formula is C12H11ClN4O2. The summed E-state index contributed by atoms with van der Waals surface area (Å²) in [5.74, 6) is 1.85. The summed E-state index contributed by atoms with van der Waals surface area (Å²) >= 11 is 5.79. The lowest BCUT2D eigenvalue weighted by atomic mass is 10.3. The molecule has 0 aliphatic rings. The first kappa shape index (κ1) is 11.9. The van der Waals surface area contributed by atoms with Crippen LogP contribution in [0.4, 0.5) is 0 Å². The molecule has 19 heavy (non-hydrogen) atoms. The van der Waals surface area contributed by atoms with Gasteiger partial charge >= 0.3 is 0 Å². The molecule has 6 nitrogen and oxygen atoms in total. The molecule has 1 aromatic carbocycles. The van der Waals surface area contributed by atoms with Crippen LogP contribution in [0.1, 0.15) is 0 Å². The number of hydrogen-bond acceptors (Lipinski definition) is 4. The summed E-state index contributed by atoms with van der Waals surface area (Å²) in [6, 6.07) is 5.32. The molecule has 1 N–H and O–H groups in total. The number of aromatic nitrogens is 4. The van der Waals surface area contributed by atoms with Crippen LogP contribution in [0.15, 0.2) is 24.4 Å². The van der Waals surface area contributed by atoms with Gasteiger partial charge in [0.05, 0.1) is 25.3 Å². The minimum absolute atomic E-state index is 0.413. The number of halogens is 1. The summed E-state index contributed by atoms with van der Waals surface area (Å²) < 4.78 is 12.1. The van der Waals surface area contributed by atoms with Crippen molar-refractivity contribution in [2.75, 3.05) is 14.2 Å². The minimum Gasteiger partial charge on any atom is -0.493 e. The van der Waals surface area contributed by atoms with E-state index < -0.39 is 0 Å². The van der Waals surface area contributed by atoms with E-state index in [1.54, 1.807) is 37.2 Å². The number of nitrogens with one attached hydrogen (secondary N) is 1. The van der Waals surface area contributed by atoms with Gasteiger partial charge in [0.25, 0.3) is 0 Å². The van der Waals surface area contributed by atoms with Crippen LogP contribution in [0.5, 0.6) is 11.5 Å². The Morgan fingerprint density at radius 2 is 1.95 bits per heavy atom. The first-order valence-corrected chi connectivity index (χ1v) is 5.92. The molecule has 98 valence electrons. The molecule has 0 fully saturated rings. The highest BCUT2D eigenvalue weighted by atomic mass is 35.5. The number of H-pyrrole nitrogens is 1. The molecule has 0 saturated heterocycles. The second-order valence-electron chi connectivity index (χ2n) is 3.87. The molecule has 2 aromatic heterocycles. The number of nitrogens with zero attached hydrogens (tertiary/aromatic N) is 3. The number of fused-ring (bicyclic) bond motifs is 1. The van der Waals surface area contributed by atoms with Crippen LogP contribution in [0.25, 0.3) is 17.0 Å². The number of imidazole rings is 1. The Hall–Kier alpha value is -2.21. The molecule has 0 amide bonds. The third-order valence-corrected chi connectivity index (χ3v) is 2.95. The van der Waals surface area contributed by atoms with Crippen molar-refractivity contribution in [3.63, 3.8) is 0 Å². The third-order valence-electron chi connectivity index (χ3n) is 2.75. The highest BCUT2D eigenvalue weighted by Gasteiger charge is 2.11. The van der Waals surface area contributed by atoms with E-state index in [1.165, 1.54) is 0 Å². The molecule has 0 spiro atoms. The average Bonchev–Trinajstić information content (AvgIpc) is 3.02. The lowest BCUT2D eigenvalue weighted by Crippen LogP contribution is -1.96. The van der Waals surface area contributed by atoms with E-state index in [-0.39, 0.29) is 0 Å². The zero-order chi connectivity index (χ0) is 13.4. The molecule has 0 saturated carbocycles. The quantitative estimate of drug-likeness (QED) is 0.799.